The van der Waals surface area contributed by atoms with Crippen LogP contribution >= 0.6 is 11.3 Å². The van der Waals surface area contributed by atoms with Crippen molar-refractivity contribution >= 4 is 34.1 Å². The standard InChI is InChI=1S/C21H20N4O4S/c1-14-5-10-18(30-14)23-20(27)22-12-17-13-25(21(28)29-17)16-8-6-15(7-9-16)24-11-3-2-4-19(24)26/h2-11,17H,12-13H2,1H3,(H2,22,23,27)/t17-/m0/s1. The van der Waals surface area contributed by atoms with Crippen molar-refractivity contribution in [2.24, 2.45) is 0 Å². The van der Waals surface area contributed by atoms with Crippen LogP contribution in [0.25, 0.3) is 5.69 Å². The number of thiophene rings is 1. The van der Waals surface area contributed by atoms with Crippen LogP contribution in [0.1, 0.15) is 4.88 Å². The van der Waals surface area contributed by atoms with Gasteiger partial charge in [0.05, 0.1) is 18.1 Å². The van der Waals surface area contributed by atoms with E-state index in [1.165, 1.54) is 26.9 Å². The molecule has 2 N–H and O–H groups in total. The molecule has 1 fully saturated rings. The molecule has 0 unspecified atom stereocenters. The van der Waals surface area contributed by atoms with Crippen LogP contribution in [0.15, 0.2) is 65.6 Å². The number of aryl methyl sites for hydroxylation is 1. The second kappa shape index (κ2) is 8.42. The molecule has 3 amide bonds. The van der Waals surface area contributed by atoms with Crippen molar-refractivity contribution in [2.45, 2.75) is 13.0 Å². The fraction of sp³-hybridized carbons (Fsp3) is 0.190. The first-order valence-corrected chi connectivity index (χ1v) is 10.2. The summed E-state index contributed by atoms with van der Waals surface area (Å²) >= 11 is 1.49. The minimum atomic E-state index is -0.472. The lowest BCUT2D eigenvalue weighted by molar-refractivity contribution is 0.141. The van der Waals surface area contributed by atoms with E-state index in [0.29, 0.717) is 17.9 Å². The zero-order valence-corrected chi connectivity index (χ0v) is 17.0. The van der Waals surface area contributed by atoms with Gasteiger partial charge in [-0.05, 0) is 49.4 Å². The summed E-state index contributed by atoms with van der Waals surface area (Å²) in [6.07, 6.45) is 0.761. The Hall–Kier alpha value is -3.59. The first-order chi connectivity index (χ1) is 14.5. The van der Waals surface area contributed by atoms with Gasteiger partial charge in [0, 0.05) is 28.5 Å². The SMILES string of the molecule is Cc1ccc(NC(=O)NC[C@H]2CN(c3ccc(-n4ccccc4=O)cc3)C(=O)O2)s1. The second-order valence-corrected chi connectivity index (χ2v) is 8.07. The predicted molar refractivity (Wildman–Crippen MR) is 116 cm³/mol. The number of nitrogens with one attached hydrogen (secondary N) is 2. The molecule has 9 heteroatoms. The number of rotatable bonds is 5. The van der Waals surface area contributed by atoms with E-state index in [0.717, 1.165) is 9.88 Å². The molecule has 0 saturated carbocycles. The van der Waals surface area contributed by atoms with Crippen LogP contribution in [0, 0.1) is 6.92 Å². The van der Waals surface area contributed by atoms with Gasteiger partial charge in [0.1, 0.15) is 6.10 Å². The van der Waals surface area contributed by atoms with Gasteiger partial charge in [-0.25, -0.2) is 9.59 Å². The number of hydrogen-bond acceptors (Lipinski definition) is 5. The Labute approximate surface area is 176 Å². The molecule has 1 atom stereocenters. The van der Waals surface area contributed by atoms with Gasteiger partial charge in [-0.15, -0.1) is 11.3 Å². The average molecular weight is 424 g/mol. The molecule has 1 aromatic carbocycles. The van der Waals surface area contributed by atoms with E-state index in [9.17, 15) is 14.4 Å². The fourth-order valence-electron chi connectivity index (χ4n) is 3.14. The Bertz CT molecular complexity index is 1120. The zero-order valence-electron chi connectivity index (χ0n) is 16.2. The topological polar surface area (TPSA) is 92.7 Å². The number of nitrogens with zero attached hydrogens (tertiary/aromatic N) is 2. The normalized spacial score (nSPS) is 15.7. The summed E-state index contributed by atoms with van der Waals surface area (Å²) in [5.74, 6) is 0. The Balaban J connectivity index is 1.35. The monoisotopic (exact) mass is 424 g/mol. The molecule has 1 aliphatic rings. The van der Waals surface area contributed by atoms with Gasteiger partial charge in [0.15, 0.2) is 0 Å². The summed E-state index contributed by atoms with van der Waals surface area (Å²) in [5.41, 5.74) is 1.23. The molecule has 2 aromatic heterocycles. The molecule has 1 aliphatic heterocycles. The number of ether oxygens (including phenoxy) is 1. The highest BCUT2D eigenvalue weighted by molar-refractivity contribution is 7.16. The molecular weight excluding hydrogens is 404 g/mol. The summed E-state index contributed by atoms with van der Waals surface area (Å²) in [7, 11) is 0. The highest BCUT2D eigenvalue weighted by atomic mass is 32.1. The third-order valence-electron chi connectivity index (χ3n) is 4.60. The maximum atomic E-state index is 12.3. The molecule has 0 spiro atoms. The largest absolute Gasteiger partial charge is 0.442 e. The van der Waals surface area contributed by atoms with Gasteiger partial charge in [0.2, 0.25) is 0 Å². The summed E-state index contributed by atoms with van der Waals surface area (Å²) in [4.78, 5) is 38.8. The maximum absolute atomic E-state index is 12.3. The van der Waals surface area contributed by atoms with Crippen molar-refractivity contribution < 1.29 is 14.3 Å². The highest BCUT2D eigenvalue weighted by Crippen LogP contribution is 2.23. The Morgan fingerprint density at radius 3 is 2.57 bits per heavy atom. The van der Waals surface area contributed by atoms with E-state index < -0.39 is 12.2 Å². The van der Waals surface area contributed by atoms with E-state index in [4.69, 9.17) is 4.74 Å². The lowest BCUT2D eigenvalue weighted by atomic mass is 10.2. The van der Waals surface area contributed by atoms with E-state index in [1.807, 2.05) is 19.1 Å². The van der Waals surface area contributed by atoms with Crippen molar-refractivity contribution in [3.8, 4) is 5.69 Å². The van der Waals surface area contributed by atoms with Gasteiger partial charge < -0.3 is 10.1 Å². The molecule has 1 saturated heterocycles. The molecule has 0 aliphatic carbocycles. The van der Waals surface area contributed by atoms with E-state index >= 15 is 0 Å². The van der Waals surface area contributed by atoms with Gasteiger partial charge in [-0.1, -0.05) is 6.07 Å². The predicted octanol–water partition coefficient (Wildman–Crippen LogP) is 3.35. The summed E-state index contributed by atoms with van der Waals surface area (Å²) in [6.45, 7) is 2.49. The maximum Gasteiger partial charge on any atom is 0.414 e. The smallest absolute Gasteiger partial charge is 0.414 e. The number of carbonyl (C=O) groups excluding carboxylic acids is 2. The lowest BCUT2D eigenvalue weighted by Gasteiger charge is -2.14. The van der Waals surface area contributed by atoms with Crippen molar-refractivity contribution in [1.82, 2.24) is 9.88 Å². The van der Waals surface area contributed by atoms with Gasteiger partial charge in [0.25, 0.3) is 5.56 Å². The van der Waals surface area contributed by atoms with Crippen LogP contribution in [0.2, 0.25) is 0 Å². The van der Waals surface area contributed by atoms with Crippen molar-refractivity contribution in [3.05, 3.63) is 76.0 Å². The average Bonchev–Trinajstić information content (AvgIpc) is 3.32. The quantitative estimate of drug-likeness (QED) is 0.657. The Kier molecular flexibility index (Phi) is 5.53. The number of anilines is 2. The number of urea groups is 1. The Morgan fingerprint density at radius 1 is 1.10 bits per heavy atom. The van der Waals surface area contributed by atoms with E-state index in [2.05, 4.69) is 10.6 Å². The van der Waals surface area contributed by atoms with Gasteiger partial charge >= 0.3 is 12.1 Å². The number of amides is 3. The summed E-state index contributed by atoms with van der Waals surface area (Å²) in [6, 6.07) is 15.4. The van der Waals surface area contributed by atoms with Crippen molar-refractivity contribution in [2.75, 3.05) is 23.3 Å². The van der Waals surface area contributed by atoms with Crippen LogP contribution in [0.5, 0.6) is 0 Å². The van der Waals surface area contributed by atoms with Crippen molar-refractivity contribution in [1.29, 1.82) is 0 Å². The van der Waals surface area contributed by atoms with Crippen molar-refractivity contribution in [3.63, 3.8) is 0 Å². The molecule has 0 radical (unpaired) electrons. The van der Waals surface area contributed by atoms with E-state index in [-0.39, 0.29) is 18.1 Å². The van der Waals surface area contributed by atoms with Crippen LogP contribution in [0.4, 0.5) is 20.3 Å². The third-order valence-corrected chi connectivity index (χ3v) is 5.52. The number of benzene rings is 1. The molecule has 8 nitrogen and oxygen atoms in total. The Morgan fingerprint density at radius 2 is 1.87 bits per heavy atom. The second-order valence-electron chi connectivity index (χ2n) is 6.79. The van der Waals surface area contributed by atoms with Gasteiger partial charge in [-0.2, -0.15) is 0 Å². The minimum Gasteiger partial charge on any atom is -0.442 e. The molecule has 3 heterocycles. The molecule has 154 valence electrons. The first kappa shape index (κ1) is 19.7. The first-order valence-electron chi connectivity index (χ1n) is 9.37. The molecule has 3 aromatic rings. The lowest BCUT2D eigenvalue weighted by Crippen LogP contribution is -2.37. The number of carbonyl (C=O) groups is 2. The number of aromatic nitrogens is 1. The summed E-state index contributed by atoms with van der Waals surface area (Å²) in [5, 5.41) is 6.24. The van der Waals surface area contributed by atoms with Crippen LogP contribution in [-0.4, -0.2) is 35.9 Å². The zero-order chi connectivity index (χ0) is 21.1. The highest BCUT2D eigenvalue weighted by Gasteiger charge is 2.32. The molecule has 0 bridgehead atoms. The molecular formula is C21H20N4O4S. The van der Waals surface area contributed by atoms with Crippen LogP contribution in [-0.2, 0) is 4.74 Å². The van der Waals surface area contributed by atoms with Crippen LogP contribution in [0.3, 0.4) is 0 Å². The summed E-state index contributed by atoms with van der Waals surface area (Å²) < 4.78 is 6.88. The number of pyridine rings is 1. The fourth-order valence-corrected chi connectivity index (χ4v) is 3.90. The number of hydrogen-bond donors (Lipinski definition) is 2. The minimum absolute atomic E-state index is 0.132. The number of cyclic esters (lactones) is 1. The van der Waals surface area contributed by atoms with Gasteiger partial charge in [-0.3, -0.25) is 19.6 Å². The van der Waals surface area contributed by atoms with Crippen LogP contribution < -0.4 is 21.1 Å². The van der Waals surface area contributed by atoms with E-state index in [1.54, 1.807) is 42.6 Å². The molecule has 4 rings (SSSR count). The third kappa shape index (κ3) is 4.36. The molecule has 30 heavy (non-hydrogen) atoms.